The molecule has 0 aliphatic heterocycles. The Labute approximate surface area is 115 Å². The highest BCUT2D eigenvalue weighted by Gasteiger charge is 2.05. The van der Waals surface area contributed by atoms with Crippen LogP contribution in [0, 0.1) is 5.82 Å². The molecule has 1 atom stereocenters. The molecule has 0 saturated heterocycles. The van der Waals surface area contributed by atoms with Gasteiger partial charge in [-0.3, -0.25) is 0 Å². The van der Waals surface area contributed by atoms with Crippen LogP contribution in [-0.2, 0) is 6.54 Å². The van der Waals surface area contributed by atoms with Crippen molar-refractivity contribution in [2.24, 2.45) is 0 Å². The zero-order valence-corrected chi connectivity index (χ0v) is 11.7. The summed E-state index contributed by atoms with van der Waals surface area (Å²) in [5.41, 5.74) is 2.16. The summed E-state index contributed by atoms with van der Waals surface area (Å²) in [6.07, 6.45) is 0. The van der Waals surface area contributed by atoms with Crippen molar-refractivity contribution in [2.45, 2.75) is 19.5 Å². The second kappa shape index (κ2) is 6.12. The summed E-state index contributed by atoms with van der Waals surface area (Å²) >= 11 is 3.45. The van der Waals surface area contributed by atoms with Gasteiger partial charge in [-0.1, -0.05) is 40.2 Å². The summed E-state index contributed by atoms with van der Waals surface area (Å²) in [4.78, 5) is 0. The quantitative estimate of drug-likeness (QED) is 0.880. The van der Waals surface area contributed by atoms with Crippen LogP contribution < -0.4 is 5.32 Å². The Morgan fingerprint density at radius 1 is 1.17 bits per heavy atom. The molecule has 1 nitrogen and oxygen atoms in total. The average Bonchev–Trinajstić information content (AvgIpc) is 2.36. The van der Waals surface area contributed by atoms with E-state index < -0.39 is 0 Å². The van der Waals surface area contributed by atoms with E-state index in [1.54, 1.807) is 12.1 Å². The summed E-state index contributed by atoms with van der Waals surface area (Å²) in [6, 6.07) is 15.0. The van der Waals surface area contributed by atoms with E-state index in [1.807, 2.05) is 25.1 Å². The first kappa shape index (κ1) is 13.2. The second-order valence-electron chi connectivity index (χ2n) is 4.29. The summed E-state index contributed by atoms with van der Waals surface area (Å²) in [5.74, 6) is -0.191. The summed E-state index contributed by atoms with van der Waals surface area (Å²) < 4.78 is 14.2. The highest BCUT2D eigenvalue weighted by Crippen LogP contribution is 2.16. The molecule has 2 rings (SSSR count). The normalized spacial score (nSPS) is 12.4. The predicted molar refractivity (Wildman–Crippen MR) is 75.8 cm³/mol. The highest BCUT2D eigenvalue weighted by molar-refractivity contribution is 9.10. The van der Waals surface area contributed by atoms with Crippen LogP contribution in [0.25, 0.3) is 0 Å². The topological polar surface area (TPSA) is 12.0 Å². The Balaban J connectivity index is 1.98. The molecule has 1 unspecified atom stereocenters. The molecule has 2 aromatic rings. The summed E-state index contributed by atoms with van der Waals surface area (Å²) in [5, 5.41) is 3.38. The van der Waals surface area contributed by atoms with Crippen molar-refractivity contribution in [3.8, 4) is 0 Å². The van der Waals surface area contributed by atoms with Crippen LogP contribution in [0.1, 0.15) is 24.1 Å². The standard InChI is InChI=1S/C15H15BrFN/c1-11(13-5-3-7-15(17)9-13)18-10-12-4-2-6-14(16)8-12/h2-9,11,18H,10H2,1H3. The molecule has 0 radical (unpaired) electrons. The number of rotatable bonds is 4. The molecular weight excluding hydrogens is 293 g/mol. The van der Waals surface area contributed by atoms with Crippen LogP contribution in [-0.4, -0.2) is 0 Å². The molecule has 0 bridgehead atoms. The molecule has 0 aromatic heterocycles. The molecule has 0 amide bonds. The lowest BCUT2D eigenvalue weighted by molar-refractivity contribution is 0.565. The SMILES string of the molecule is CC(NCc1cccc(Br)c1)c1cccc(F)c1. The Kier molecular flexibility index (Phi) is 4.50. The van der Waals surface area contributed by atoms with Gasteiger partial charge in [-0.15, -0.1) is 0 Å². The van der Waals surface area contributed by atoms with Crippen LogP contribution in [0.4, 0.5) is 4.39 Å². The Morgan fingerprint density at radius 2 is 1.94 bits per heavy atom. The number of nitrogens with one attached hydrogen (secondary N) is 1. The fourth-order valence-electron chi connectivity index (χ4n) is 1.81. The largest absolute Gasteiger partial charge is 0.306 e. The van der Waals surface area contributed by atoms with Crippen molar-refractivity contribution >= 4 is 15.9 Å². The molecule has 0 saturated carbocycles. The molecule has 2 aromatic carbocycles. The highest BCUT2D eigenvalue weighted by atomic mass is 79.9. The third kappa shape index (κ3) is 3.65. The minimum atomic E-state index is -0.191. The van der Waals surface area contributed by atoms with Gasteiger partial charge in [-0.2, -0.15) is 0 Å². The fourth-order valence-corrected chi connectivity index (χ4v) is 2.26. The van der Waals surface area contributed by atoms with Gasteiger partial charge in [0.1, 0.15) is 5.82 Å². The van der Waals surface area contributed by atoms with Crippen LogP contribution in [0.15, 0.2) is 53.0 Å². The maximum atomic E-state index is 13.1. The van der Waals surface area contributed by atoms with E-state index in [0.717, 1.165) is 16.6 Å². The third-order valence-corrected chi connectivity index (χ3v) is 3.34. The number of halogens is 2. The lowest BCUT2D eigenvalue weighted by Crippen LogP contribution is -2.18. The molecule has 18 heavy (non-hydrogen) atoms. The maximum absolute atomic E-state index is 13.1. The first-order valence-corrected chi connectivity index (χ1v) is 6.68. The van der Waals surface area contributed by atoms with E-state index in [4.69, 9.17) is 0 Å². The molecule has 0 heterocycles. The van der Waals surface area contributed by atoms with Crippen molar-refractivity contribution in [3.05, 3.63) is 69.9 Å². The van der Waals surface area contributed by atoms with E-state index in [1.165, 1.54) is 11.6 Å². The lowest BCUT2D eigenvalue weighted by Gasteiger charge is -2.14. The zero-order valence-electron chi connectivity index (χ0n) is 10.2. The summed E-state index contributed by atoms with van der Waals surface area (Å²) in [7, 11) is 0. The zero-order chi connectivity index (χ0) is 13.0. The molecule has 3 heteroatoms. The van der Waals surface area contributed by atoms with Gasteiger partial charge < -0.3 is 5.32 Å². The van der Waals surface area contributed by atoms with Crippen molar-refractivity contribution < 1.29 is 4.39 Å². The van der Waals surface area contributed by atoms with Gasteiger partial charge in [0.15, 0.2) is 0 Å². The minimum absolute atomic E-state index is 0.125. The van der Waals surface area contributed by atoms with Gasteiger partial charge in [0.25, 0.3) is 0 Å². The third-order valence-electron chi connectivity index (χ3n) is 2.85. The first-order valence-electron chi connectivity index (χ1n) is 5.88. The van der Waals surface area contributed by atoms with Crippen molar-refractivity contribution in [1.82, 2.24) is 5.32 Å². The molecule has 0 aliphatic rings. The second-order valence-corrected chi connectivity index (χ2v) is 5.20. The monoisotopic (exact) mass is 307 g/mol. The van der Waals surface area contributed by atoms with Gasteiger partial charge in [0, 0.05) is 17.1 Å². The molecule has 0 fully saturated rings. The maximum Gasteiger partial charge on any atom is 0.123 e. The van der Waals surface area contributed by atoms with Crippen LogP contribution >= 0.6 is 15.9 Å². The van der Waals surface area contributed by atoms with E-state index >= 15 is 0 Å². The Morgan fingerprint density at radius 3 is 2.67 bits per heavy atom. The number of benzene rings is 2. The van der Waals surface area contributed by atoms with Crippen LogP contribution in [0.3, 0.4) is 0 Å². The van der Waals surface area contributed by atoms with Gasteiger partial charge in [0.2, 0.25) is 0 Å². The van der Waals surface area contributed by atoms with E-state index in [0.29, 0.717) is 0 Å². The lowest BCUT2D eigenvalue weighted by atomic mass is 10.1. The predicted octanol–water partition coefficient (Wildman–Crippen LogP) is 4.44. The molecular formula is C15H15BrFN. The Hall–Kier alpha value is -1.19. The van der Waals surface area contributed by atoms with Gasteiger partial charge in [0.05, 0.1) is 0 Å². The number of hydrogen-bond acceptors (Lipinski definition) is 1. The van der Waals surface area contributed by atoms with E-state index in [9.17, 15) is 4.39 Å². The minimum Gasteiger partial charge on any atom is -0.306 e. The van der Waals surface area contributed by atoms with Gasteiger partial charge >= 0.3 is 0 Å². The summed E-state index contributed by atoms with van der Waals surface area (Å²) in [6.45, 7) is 2.80. The van der Waals surface area contributed by atoms with Gasteiger partial charge in [-0.05, 0) is 42.3 Å². The van der Waals surface area contributed by atoms with Crippen molar-refractivity contribution in [3.63, 3.8) is 0 Å². The van der Waals surface area contributed by atoms with Crippen LogP contribution in [0.5, 0.6) is 0 Å². The molecule has 0 aliphatic carbocycles. The van der Waals surface area contributed by atoms with Crippen molar-refractivity contribution in [1.29, 1.82) is 0 Å². The molecule has 94 valence electrons. The fraction of sp³-hybridized carbons (Fsp3) is 0.200. The first-order chi connectivity index (χ1) is 8.65. The molecule has 0 spiro atoms. The Bertz CT molecular complexity index is 527. The number of hydrogen-bond donors (Lipinski definition) is 1. The smallest absolute Gasteiger partial charge is 0.123 e. The van der Waals surface area contributed by atoms with E-state index in [2.05, 4.69) is 33.4 Å². The van der Waals surface area contributed by atoms with Crippen molar-refractivity contribution in [2.75, 3.05) is 0 Å². The van der Waals surface area contributed by atoms with Crippen LogP contribution in [0.2, 0.25) is 0 Å². The van der Waals surface area contributed by atoms with E-state index in [-0.39, 0.29) is 11.9 Å². The average molecular weight is 308 g/mol. The molecule has 1 N–H and O–H groups in total. The van der Waals surface area contributed by atoms with Gasteiger partial charge in [-0.25, -0.2) is 4.39 Å².